The summed E-state index contributed by atoms with van der Waals surface area (Å²) in [6.45, 7) is 8.58. The molecular weight excluding hydrogens is 228 g/mol. The summed E-state index contributed by atoms with van der Waals surface area (Å²) in [6.07, 6.45) is 2.01. The largest absolute Gasteiger partial charge is 0.359 e. The van der Waals surface area contributed by atoms with E-state index in [1.165, 1.54) is 5.56 Å². The molecule has 0 bridgehead atoms. The van der Waals surface area contributed by atoms with Crippen LogP contribution >= 0.6 is 0 Å². The number of nitrogens with zero attached hydrogens (tertiary/aromatic N) is 2. The summed E-state index contributed by atoms with van der Waals surface area (Å²) in [5.41, 5.74) is 1.78. The molecule has 0 fully saturated rings. The first-order chi connectivity index (χ1) is 8.27. The Morgan fingerprint density at radius 2 is 2.17 bits per heavy atom. The minimum Gasteiger partial charge on any atom is -0.359 e. The predicted octanol–water partition coefficient (Wildman–Crippen LogP) is 1.15. The topological polar surface area (TPSA) is 59.0 Å². The number of aryl methyl sites for hydroxylation is 2. The van der Waals surface area contributed by atoms with E-state index in [0.29, 0.717) is 6.54 Å². The molecular formula is C13H24N4O. The third kappa shape index (κ3) is 3.32. The highest BCUT2D eigenvalue weighted by Crippen LogP contribution is 2.19. The molecule has 1 aromatic rings. The molecule has 1 atom stereocenters. The quantitative estimate of drug-likeness (QED) is 0.826. The molecule has 2 N–H and O–H groups in total. The van der Waals surface area contributed by atoms with Gasteiger partial charge in [-0.05, 0) is 27.7 Å². The third-order valence-electron chi connectivity index (χ3n) is 3.21. The summed E-state index contributed by atoms with van der Waals surface area (Å²) in [5.74, 6) is 0.0464. The summed E-state index contributed by atoms with van der Waals surface area (Å²) < 4.78 is 1.81. The van der Waals surface area contributed by atoms with Gasteiger partial charge in [-0.15, -0.1) is 0 Å². The lowest BCUT2D eigenvalue weighted by atomic mass is 9.91. The molecule has 5 heteroatoms. The van der Waals surface area contributed by atoms with Gasteiger partial charge in [-0.25, -0.2) is 0 Å². The number of rotatable bonds is 5. The molecule has 1 heterocycles. The Morgan fingerprint density at radius 3 is 2.61 bits per heavy atom. The molecule has 1 aromatic heterocycles. The van der Waals surface area contributed by atoms with Crippen molar-refractivity contribution >= 4 is 5.91 Å². The van der Waals surface area contributed by atoms with Gasteiger partial charge in [0.05, 0.1) is 11.1 Å². The lowest BCUT2D eigenvalue weighted by molar-refractivity contribution is -0.128. The van der Waals surface area contributed by atoms with Crippen LogP contribution in [0.15, 0.2) is 6.20 Å². The van der Waals surface area contributed by atoms with E-state index in [4.69, 9.17) is 0 Å². The van der Waals surface area contributed by atoms with E-state index in [9.17, 15) is 4.79 Å². The van der Waals surface area contributed by atoms with E-state index in [1.807, 2.05) is 38.7 Å². The second kappa shape index (κ2) is 5.52. The van der Waals surface area contributed by atoms with Gasteiger partial charge in [0.25, 0.3) is 0 Å². The SMILES string of the molecule is CNC(=O)C(C)(C)CNC(C)c1cn(C)nc1C. The number of hydrogen-bond donors (Lipinski definition) is 2. The van der Waals surface area contributed by atoms with Gasteiger partial charge in [0.1, 0.15) is 0 Å². The van der Waals surface area contributed by atoms with Gasteiger partial charge in [0.15, 0.2) is 0 Å². The molecule has 0 radical (unpaired) electrons. The Morgan fingerprint density at radius 1 is 1.56 bits per heavy atom. The van der Waals surface area contributed by atoms with Crippen molar-refractivity contribution < 1.29 is 4.79 Å². The molecule has 0 aliphatic rings. The Hall–Kier alpha value is -1.36. The molecule has 18 heavy (non-hydrogen) atoms. The number of carbonyl (C=O) groups excluding carboxylic acids is 1. The normalized spacial score (nSPS) is 13.4. The summed E-state index contributed by atoms with van der Waals surface area (Å²) >= 11 is 0. The van der Waals surface area contributed by atoms with Crippen LogP contribution in [-0.4, -0.2) is 29.3 Å². The fourth-order valence-corrected chi connectivity index (χ4v) is 1.98. The van der Waals surface area contributed by atoms with Gasteiger partial charge in [0.2, 0.25) is 5.91 Å². The third-order valence-corrected chi connectivity index (χ3v) is 3.21. The highest BCUT2D eigenvalue weighted by molar-refractivity contribution is 5.81. The van der Waals surface area contributed by atoms with Crippen molar-refractivity contribution in [1.82, 2.24) is 20.4 Å². The lowest BCUT2D eigenvalue weighted by Crippen LogP contribution is -2.42. The van der Waals surface area contributed by atoms with Crippen molar-refractivity contribution in [2.75, 3.05) is 13.6 Å². The predicted molar refractivity (Wildman–Crippen MR) is 72.2 cm³/mol. The second-order valence-corrected chi connectivity index (χ2v) is 5.41. The van der Waals surface area contributed by atoms with Crippen LogP contribution in [0.3, 0.4) is 0 Å². The molecule has 1 amide bonds. The fraction of sp³-hybridized carbons (Fsp3) is 0.692. The molecule has 0 aliphatic carbocycles. The summed E-state index contributed by atoms with van der Waals surface area (Å²) in [7, 11) is 3.58. The van der Waals surface area contributed by atoms with Crippen LogP contribution in [0.25, 0.3) is 0 Å². The molecule has 102 valence electrons. The van der Waals surface area contributed by atoms with Crippen molar-refractivity contribution in [1.29, 1.82) is 0 Å². The van der Waals surface area contributed by atoms with Gasteiger partial charge in [-0.2, -0.15) is 5.10 Å². The smallest absolute Gasteiger partial charge is 0.226 e. The highest BCUT2D eigenvalue weighted by Gasteiger charge is 2.27. The zero-order chi connectivity index (χ0) is 13.9. The maximum Gasteiger partial charge on any atom is 0.226 e. The summed E-state index contributed by atoms with van der Waals surface area (Å²) in [5, 5.41) is 10.4. The molecule has 0 saturated carbocycles. The molecule has 0 aliphatic heterocycles. The molecule has 5 nitrogen and oxygen atoms in total. The van der Waals surface area contributed by atoms with E-state index < -0.39 is 5.41 Å². The zero-order valence-corrected chi connectivity index (χ0v) is 12.2. The first-order valence-corrected chi connectivity index (χ1v) is 6.23. The average Bonchev–Trinajstić information content (AvgIpc) is 2.64. The van der Waals surface area contributed by atoms with Crippen LogP contribution in [-0.2, 0) is 11.8 Å². The van der Waals surface area contributed by atoms with Crippen LogP contribution in [0, 0.1) is 12.3 Å². The van der Waals surface area contributed by atoms with Crippen LogP contribution < -0.4 is 10.6 Å². The minimum absolute atomic E-state index is 0.0464. The Kier molecular flexibility index (Phi) is 4.51. The molecule has 0 spiro atoms. The van der Waals surface area contributed by atoms with Gasteiger partial charge < -0.3 is 10.6 Å². The first-order valence-electron chi connectivity index (χ1n) is 6.23. The average molecular weight is 252 g/mol. The number of hydrogen-bond acceptors (Lipinski definition) is 3. The van der Waals surface area contributed by atoms with E-state index in [-0.39, 0.29) is 11.9 Å². The second-order valence-electron chi connectivity index (χ2n) is 5.41. The molecule has 1 unspecified atom stereocenters. The maximum atomic E-state index is 11.7. The number of carbonyl (C=O) groups is 1. The molecule has 0 aromatic carbocycles. The zero-order valence-electron chi connectivity index (χ0n) is 12.2. The maximum absolute atomic E-state index is 11.7. The van der Waals surface area contributed by atoms with Crippen LogP contribution in [0.4, 0.5) is 0 Å². The van der Waals surface area contributed by atoms with Crippen molar-refractivity contribution in [2.24, 2.45) is 12.5 Å². The summed E-state index contributed by atoms with van der Waals surface area (Å²) in [6, 6.07) is 0.183. The van der Waals surface area contributed by atoms with Gasteiger partial charge in [-0.3, -0.25) is 9.48 Å². The number of aromatic nitrogens is 2. The van der Waals surface area contributed by atoms with Crippen molar-refractivity contribution in [2.45, 2.75) is 33.7 Å². The minimum atomic E-state index is -0.418. The van der Waals surface area contributed by atoms with Gasteiger partial charge in [-0.1, -0.05) is 0 Å². The van der Waals surface area contributed by atoms with Gasteiger partial charge in [0, 0.05) is 38.4 Å². The monoisotopic (exact) mass is 252 g/mol. The fourth-order valence-electron chi connectivity index (χ4n) is 1.98. The highest BCUT2D eigenvalue weighted by atomic mass is 16.2. The van der Waals surface area contributed by atoms with Crippen LogP contribution in [0.5, 0.6) is 0 Å². The van der Waals surface area contributed by atoms with Crippen molar-refractivity contribution in [3.05, 3.63) is 17.5 Å². The number of nitrogens with one attached hydrogen (secondary N) is 2. The first kappa shape index (κ1) is 14.7. The Bertz CT molecular complexity index is 423. The van der Waals surface area contributed by atoms with Crippen LogP contribution in [0.1, 0.15) is 38.1 Å². The Labute approximate surface area is 109 Å². The molecule has 1 rings (SSSR count). The van der Waals surface area contributed by atoms with E-state index >= 15 is 0 Å². The lowest BCUT2D eigenvalue weighted by Gasteiger charge is -2.25. The van der Waals surface area contributed by atoms with E-state index in [1.54, 1.807) is 7.05 Å². The standard InChI is InChI=1S/C13H24N4O/c1-9(11-7-17(6)16-10(11)2)15-8-13(3,4)12(18)14-5/h7,9,15H,8H2,1-6H3,(H,14,18). The van der Waals surface area contributed by atoms with Gasteiger partial charge >= 0.3 is 0 Å². The van der Waals surface area contributed by atoms with Crippen LogP contribution in [0.2, 0.25) is 0 Å². The molecule has 0 saturated heterocycles. The van der Waals surface area contributed by atoms with E-state index in [0.717, 1.165) is 5.69 Å². The van der Waals surface area contributed by atoms with Crippen molar-refractivity contribution in [3.8, 4) is 0 Å². The van der Waals surface area contributed by atoms with E-state index in [2.05, 4.69) is 22.7 Å². The van der Waals surface area contributed by atoms with Crippen molar-refractivity contribution in [3.63, 3.8) is 0 Å². The summed E-state index contributed by atoms with van der Waals surface area (Å²) in [4.78, 5) is 11.7. The number of amides is 1. The Balaban J connectivity index is 2.64.